The fraction of sp³-hybridized carbons (Fsp3) is 0.500. The number of aromatic nitrogens is 1. The van der Waals surface area contributed by atoms with Crippen molar-refractivity contribution in [2.75, 3.05) is 18.4 Å². The van der Waals surface area contributed by atoms with Crippen LogP contribution in [0, 0.1) is 18.6 Å². The lowest BCUT2D eigenvalue weighted by Gasteiger charge is -2.22. The number of rotatable bonds is 10. The Kier molecular flexibility index (Phi) is 8.95. The van der Waals surface area contributed by atoms with Crippen molar-refractivity contribution in [3.8, 4) is 5.88 Å². The molecule has 1 aliphatic carbocycles. The van der Waals surface area contributed by atoms with E-state index >= 15 is 0 Å². The first-order chi connectivity index (χ1) is 15.9. The Morgan fingerprint density at radius 1 is 1.18 bits per heavy atom. The highest BCUT2D eigenvalue weighted by atomic mass is 32.1. The van der Waals surface area contributed by atoms with E-state index in [0.29, 0.717) is 12.6 Å². The Labute approximate surface area is 195 Å². The Morgan fingerprint density at radius 2 is 1.94 bits per heavy atom. The maximum atomic E-state index is 14.0. The summed E-state index contributed by atoms with van der Waals surface area (Å²) < 4.78 is 37.2. The number of primary amides is 1. The standard InChI is InChI=1S/C22H29F2N5O3S/c1-13-8-9-14(18(24)17(13)23)12-32-20-16(19(25)30)21(33-29-20)28-22(31)27-11-5-10-26-15-6-3-2-4-7-15/h8-9,15,26H,2-7,10-12H2,1H3,(H2,25,30)(H2,27,28,31). The van der Waals surface area contributed by atoms with Gasteiger partial charge in [-0.2, -0.15) is 4.37 Å². The van der Waals surface area contributed by atoms with Crippen LogP contribution < -0.4 is 26.4 Å². The van der Waals surface area contributed by atoms with Gasteiger partial charge < -0.3 is 21.1 Å². The number of anilines is 1. The van der Waals surface area contributed by atoms with Gasteiger partial charge in [0.25, 0.3) is 5.91 Å². The average Bonchev–Trinajstić information content (AvgIpc) is 3.20. The lowest BCUT2D eigenvalue weighted by atomic mass is 9.95. The first-order valence-electron chi connectivity index (χ1n) is 11.0. The van der Waals surface area contributed by atoms with Gasteiger partial charge in [-0.05, 0) is 49.8 Å². The number of nitrogens with one attached hydrogen (secondary N) is 3. The second-order valence-corrected chi connectivity index (χ2v) is 8.81. The highest BCUT2D eigenvalue weighted by Gasteiger charge is 2.23. The van der Waals surface area contributed by atoms with E-state index in [9.17, 15) is 18.4 Å². The molecule has 8 nitrogen and oxygen atoms in total. The van der Waals surface area contributed by atoms with Gasteiger partial charge in [-0.15, -0.1) is 0 Å². The third-order valence-electron chi connectivity index (χ3n) is 5.53. The van der Waals surface area contributed by atoms with Gasteiger partial charge in [0.2, 0.25) is 5.88 Å². The maximum absolute atomic E-state index is 14.0. The zero-order valence-corrected chi connectivity index (χ0v) is 19.3. The van der Waals surface area contributed by atoms with Crippen molar-refractivity contribution < 1.29 is 23.1 Å². The van der Waals surface area contributed by atoms with E-state index in [1.54, 1.807) is 0 Å². The molecule has 3 rings (SSSR count). The minimum atomic E-state index is -1.03. The fourth-order valence-electron chi connectivity index (χ4n) is 3.67. The van der Waals surface area contributed by atoms with E-state index in [4.69, 9.17) is 10.5 Å². The molecule has 1 saturated carbocycles. The minimum absolute atomic E-state index is 0.0318. The predicted octanol–water partition coefficient (Wildman–Crippen LogP) is 3.84. The van der Waals surface area contributed by atoms with Crippen LogP contribution in [0.4, 0.5) is 18.6 Å². The van der Waals surface area contributed by atoms with Crippen LogP contribution in [0.2, 0.25) is 0 Å². The Morgan fingerprint density at radius 3 is 2.67 bits per heavy atom. The van der Waals surface area contributed by atoms with Crippen LogP contribution in [0.1, 0.15) is 60.0 Å². The van der Waals surface area contributed by atoms with Crippen LogP contribution >= 0.6 is 11.5 Å². The highest BCUT2D eigenvalue weighted by Crippen LogP contribution is 2.31. The van der Waals surface area contributed by atoms with Crippen molar-refractivity contribution in [1.29, 1.82) is 0 Å². The molecule has 0 atom stereocenters. The van der Waals surface area contributed by atoms with E-state index in [1.165, 1.54) is 51.2 Å². The van der Waals surface area contributed by atoms with Gasteiger partial charge in [0, 0.05) is 18.2 Å². The van der Waals surface area contributed by atoms with Gasteiger partial charge in [-0.25, -0.2) is 13.6 Å². The van der Waals surface area contributed by atoms with Gasteiger partial charge in [-0.1, -0.05) is 31.4 Å². The molecule has 180 valence electrons. The zero-order valence-electron chi connectivity index (χ0n) is 18.5. The molecule has 1 heterocycles. The summed E-state index contributed by atoms with van der Waals surface area (Å²) >= 11 is 0.812. The molecule has 33 heavy (non-hydrogen) atoms. The van der Waals surface area contributed by atoms with Gasteiger partial charge in [0.05, 0.1) is 0 Å². The number of halogens is 2. The molecule has 0 radical (unpaired) electrons. The number of hydrogen-bond donors (Lipinski definition) is 4. The van der Waals surface area contributed by atoms with Crippen molar-refractivity contribution >= 4 is 28.5 Å². The second kappa shape index (κ2) is 11.9. The molecule has 11 heteroatoms. The van der Waals surface area contributed by atoms with Gasteiger partial charge in [-0.3, -0.25) is 10.1 Å². The number of ether oxygens (including phenoxy) is 1. The number of carbonyl (C=O) groups is 2. The summed E-state index contributed by atoms with van der Waals surface area (Å²) in [4.78, 5) is 24.1. The average molecular weight is 482 g/mol. The molecule has 0 spiro atoms. The van der Waals surface area contributed by atoms with Gasteiger partial charge >= 0.3 is 6.03 Å². The normalized spacial score (nSPS) is 14.2. The Bertz CT molecular complexity index is 979. The number of benzene rings is 1. The van der Waals surface area contributed by atoms with E-state index in [1.807, 2.05) is 0 Å². The van der Waals surface area contributed by atoms with Crippen molar-refractivity contribution in [2.24, 2.45) is 5.73 Å². The first kappa shape index (κ1) is 24.8. The van der Waals surface area contributed by atoms with Crippen LogP contribution in [0.3, 0.4) is 0 Å². The van der Waals surface area contributed by atoms with Crippen molar-refractivity contribution in [3.63, 3.8) is 0 Å². The quantitative estimate of drug-likeness (QED) is 0.385. The SMILES string of the molecule is Cc1ccc(COc2nsc(NC(=O)NCCCNC3CCCCC3)c2C(N)=O)c(F)c1F. The number of urea groups is 1. The molecule has 1 fully saturated rings. The summed E-state index contributed by atoms with van der Waals surface area (Å²) in [6.45, 7) is 2.36. The largest absolute Gasteiger partial charge is 0.471 e. The van der Waals surface area contributed by atoms with Crippen LogP contribution in [-0.4, -0.2) is 35.4 Å². The second-order valence-electron chi connectivity index (χ2n) is 8.04. The smallest absolute Gasteiger partial charge is 0.319 e. The maximum Gasteiger partial charge on any atom is 0.319 e. The summed E-state index contributed by atoms with van der Waals surface area (Å²) in [5, 5.41) is 8.89. The molecule has 5 N–H and O–H groups in total. The minimum Gasteiger partial charge on any atom is -0.471 e. The Balaban J connectivity index is 1.49. The van der Waals surface area contributed by atoms with E-state index < -0.39 is 23.6 Å². The highest BCUT2D eigenvalue weighted by molar-refractivity contribution is 7.11. The molecule has 0 saturated heterocycles. The number of nitrogens with two attached hydrogens (primary N) is 1. The summed E-state index contributed by atoms with van der Waals surface area (Å²) in [5.74, 6) is -3.00. The molecule has 0 aliphatic heterocycles. The monoisotopic (exact) mass is 481 g/mol. The van der Waals surface area contributed by atoms with Crippen LogP contribution in [0.5, 0.6) is 5.88 Å². The molecule has 3 amide bonds. The topological polar surface area (TPSA) is 118 Å². The number of hydrogen-bond acceptors (Lipinski definition) is 6. The lowest BCUT2D eigenvalue weighted by molar-refractivity contribution is 0.0996. The van der Waals surface area contributed by atoms with Gasteiger partial charge in [0.15, 0.2) is 11.6 Å². The van der Waals surface area contributed by atoms with Crippen LogP contribution in [0.15, 0.2) is 12.1 Å². The first-order valence-corrected chi connectivity index (χ1v) is 11.8. The van der Waals surface area contributed by atoms with Crippen LogP contribution in [-0.2, 0) is 6.61 Å². The zero-order chi connectivity index (χ0) is 23.8. The molecule has 2 aromatic rings. The summed E-state index contributed by atoms with van der Waals surface area (Å²) in [6, 6.07) is 2.87. The molecule has 0 bridgehead atoms. The third kappa shape index (κ3) is 6.84. The van der Waals surface area contributed by atoms with Crippen molar-refractivity contribution in [3.05, 3.63) is 40.5 Å². The summed E-state index contributed by atoms with van der Waals surface area (Å²) in [7, 11) is 0. The summed E-state index contributed by atoms with van der Waals surface area (Å²) in [6.07, 6.45) is 6.99. The molecule has 1 aromatic carbocycles. The molecular formula is C22H29F2N5O3S. The Hall–Kier alpha value is -2.79. The van der Waals surface area contributed by atoms with E-state index in [-0.39, 0.29) is 34.2 Å². The number of aryl methyl sites for hydroxylation is 1. The van der Waals surface area contributed by atoms with E-state index in [0.717, 1.165) is 24.5 Å². The summed E-state index contributed by atoms with van der Waals surface area (Å²) in [5.41, 5.74) is 5.44. The number of amides is 3. The van der Waals surface area contributed by atoms with Crippen molar-refractivity contribution in [2.45, 2.75) is 58.1 Å². The number of nitrogens with zero attached hydrogens (tertiary/aromatic N) is 1. The van der Waals surface area contributed by atoms with E-state index in [2.05, 4.69) is 20.3 Å². The fourth-order valence-corrected chi connectivity index (χ4v) is 4.41. The molecule has 1 aromatic heterocycles. The molecular weight excluding hydrogens is 452 g/mol. The lowest BCUT2D eigenvalue weighted by Crippen LogP contribution is -2.35. The third-order valence-corrected chi connectivity index (χ3v) is 6.28. The number of carbonyl (C=O) groups excluding carboxylic acids is 2. The van der Waals surface area contributed by atoms with Crippen LogP contribution in [0.25, 0.3) is 0 Å². The van der Waals surface area contributed by atoms with Crippen molar-refractivity contribution in [1.82, 2.24) is 15.0 Å². The predicted molar refractivity (Wildman–Crippen MR) is 123 cm³/mol. The molecule has 0 unspecified atom stereocenters. The molecule has 1 aliphatic rings. The van der Waals surface area contributed by atoms with Gasteiger partial charge in [0.1, 0.15) is 17.2 Å².